The molecule has 3 aromatic rings. The van der Waals surface area contributed by atoms with E-state index in [2.05, 4.69) is 5.10 Å². The van der Waals surface area contributed by atoms with Crippen LogP contribution >= 0.6 is 11.6 Å². The Hall–Kier alpha value is -4.12. The Kier molecular flexibility index (Phi) is 7.13. The lowest BCUT2D eigenvalue weighted by Gasteiger charge is -2.11. The average Bonchev–Trinajstić information content (AvgIpc) is 3.30. The molecule has 0 radical (unpaired) electrons. The Bertz CT molecular complexity index is 1190. The van der Waals surface area contributed by atoms with Gasteiger partial charge in [-0.2, -0.15) is 18.3 Å². The molecule has 170 valence electrons. The molecule has 2 N–H and O–H groups in total. The second-order valence-corrected chi connectivity index (χ2v) is 6.69. The molecular formula is C21H13ClF3N3O5. The zero-order chi connectivity index (χ0) is 24.0. The molecule has 0 aliphatic carbocycles. The number of anilines is 1. The summed E-state index contributed by atoms with van der Waals surface area (Å²) < 4.78 is 48.4. The number of benzene rings is 2. The van der Waals surface area contributed by atoms with Crippen molar-refractivity contribution in [2.75, 3.05) is 5.32 Å². The summed E-state index contributed by atoms with van der Waals surface area (Å²) >= 11 is 5.77. The Morgan fingerprint density at radius 2 is 1.76 bits per heavy atom. The Morgan fingerprint density at radius 1 is 1.03 bits per heavy atom. The summed E-state index contributed by atoms with van der Waals surface area (Å²) in [6.45, 7) is 0. The minimum Gasteiger partial charge on any atom is -0.457 e. The number of furan rings is 1. The van der Waals surface area contributed by atoms with Gasteiger partial charge in [0.2, 0.25) is 5.76 Å². The quantitative estimate of drug-likeness (QED) is 0.187. The minimum atomic E-state index is -4.65. The largest absolute Gasteiger partial charge is 0.457 e. The van der Waals surface area contributed by atoms with Gasteiger partial charge >= 0.3 is 24.0 Å². The van der Waals surface area contributed by atoms with Crippen molar-refractivity contribution in [3.05, 3.63) is 82.8 Å². The molecule has 1 aromatic heterocycles. The van der Waals surface area contributed by atoms with Gasteiger partial charge in [-0.25, -0.2) is 10.2 Å². The number of nitrogens with zero attached hydrogens (tertiary/aromatic N) is 1. The van der Waals surface area contributed by atoms with Crippen LogP contribution in [0.5, 0.6) is 5.75 Å². The highest BCUT2D eigenvalue weighted by Gasteiger charge is 2.31. The van der Waals surface area contributed by atoms with Crippen molar-refractivity contribution in [3.63, 3.8) is 0 Å². The fraction of sp³-hybridized carbons (Fsp3) is 0.0476. The number of hydrogen-bond donors (Lipinski definition) is 2. The zero-order valence-corrected chi connectivity index (χ0v) is 17.1. The molecular weight excluding hydrogens is 467 g/mol. The van der Waals surface area contributed by atoms with Crippen molar-refractivity contribution < 1.29 is 36.7 Å². The van der Waals surface area contributed by atoms with Gasteiger partial charge in [0.25, 0.3) is 0 Å². The van der Waals surface area contributed by atoms with Crippen molar-refractivity contribution in [2.24, 2.45) is 5.10 Å². The van der Waals surface area contributed by atoms with Crippen LogP contribution in [0.1, 0.15) is 21.7 Å². The third kappa shape index (κ3) is 6.43. The number of carbonyl (C=O) groups is 3. The van der Waals surface area contributed by atoms with Crippen LogP contribution in [0.2, 0.25) is 5.02 Å². The van der Waals surface area contributed by atoms with Gasteiger partial charge in [-0.1, -0.05) is 11.6 Å². The van der Waals surface area contributed by atoms with Crippen LogP contribution in [-0.2, 0) is 15.8 Å². The maximum atomic E-state index is 12.8. The number of hydrazone groups is 1. The van der Waals surface area contributed by atoms with Crippen molar-refractivity contribution in [1.82, 2.24) is 5.43 Å². The van der Waals surface area contributed by atoms with Crippen molar-refractivity contribution in [3.8, 4) is 5.75 Å². The molecule has 0 aliphatic rings. The van der Waals surface area contributed by atoms with Crippen LogP contribution in [0.3, 0.4) is 0 Å². The summed E-state index contributed by atoms with van der Waals surface area (Å²) in [5.74, 6) is -2.92. The lowest BCUT2D eigenvalue weighted by Crippen LogP contribution is -2.32. The smallest absolute Gasteiger partial charge is 0.416 e. The number of nitrogens with one attached hydrogen (secondary N) is 2. The molecule has 0 saturated carbocycles. The molecule has 0 fully saturated rings. The predicted molar refractivity (Wildman–Crippen MR) is 111 cm³/mol. The van der Waals surface area contributed by atoms with E-state index in [1.807, 2.05) is 10.7 Å². The highest BCUT2D eigenvalue weighted by atomic mass is 35.5. The Labute approximate surface area is 189 Å². The molecule has 0 atom stereocenters. The van der Waals surface area contributed by atoms with Gasteiger partial charge in [-0.15, -0.1) is 0 Å². The highest BCUT2D eigenvalue weighted by Crippen LogP contribution is 2.33. The molecule has 3 rings (SSSR count). The molecule has 2 aromatic carbocycles. The molecule has 33 heavy (non-hydrogen) atoms. The molecule has 1 heterocycles. The van der Waals surface area contributed by atoms with Gasteiger partial charge < -0.3 is 14.5 Å². The topological polar surface area (TPSA) is 110 Å². The minimum absolute atomic E-state index is 0.0352. The second-order valence-electron chi connectivity index (χ2n) is 6.28. The zero-order valence-electron chi connectivity index (χ0n) is 16.4. The second kappa shape index (κ2) is 10.0. The van der Waals surface area contributed by atoms with Gasteiger partial charge in [0.05, 0.1) is 28.8 Å². The van der Waals surface area contributed by atoms with Gasteiger partial charge in [0, 0.05) is 0 Å². The number of esters is 1. The molecule has 0 bridgehead atoms. The summed E-state index contributed by atoms with van der Waals surface area (Å²) in [5.41, 5.74) is 0.995. The Morgan fingerprint density at radius 3 is 2.39 bits per heavy atom. The molecule has 12 heteroatoms. The molecule has 0 saturated heterocycles. The number of halogens is 4. The number of hydrogen-bond acceptors (Lipinski definition) is 6. The van der Waals surface area contributed by atoms with Crippen molar-refractivity contribution in [2.45, 2.75) is 6.18 Å². The number of rotatable bonds is 5. The maximum Gasteiger partial charge on any atom is 0.416 e. The van der Waals surface area contributed by atoms with E-state index in [1.54, 1.807) is 6.07 Å². The fourth-order valence-electron chi connectivity index (χ4n) is 2.37. The van der Waals surface area contributed by atoms with Gasteiger partial charge in [0.15, 0.2) is 0 Å². The van der Waals surface area contributed by atoms with Crippen LogP contribution in [-0.4, -0.2) is 24.0 Å². The molecule has 0 unspecified atom stereocenters. The first kappa shape index (κ1) is 23.5. The average molecular weight is 480 g/mol. The van der Waals surface area contributed by atoms with E-state index < -0.39 is 29.5 Å². The van der Waals surface area contributed by atoms with Crippen molar-refractivity contribution in [1.29, 1.82) is 0 Å². The maximum absolute atomic E-state index is 12.8. The van der Waals surface area contributed by atoms with E-state index in [9.17, 15) is 27.6 Å². The summed E-state index contributed by atoms with van der Waals surface area (Å²) in [4.78, 5) is 35.6. The van der Waals surface area contributed by atoms with Crippen molar-refractivity contribution >= 4 is 41.3 Å². The Balaban J connectivity index is 1.54. The monoisotopic (exact) mass is 479 g/mol. The number of ether oxygens (including phenoxy) is 1. The predicted octanol–water partition coefficient (Wildman–Crippen LogP) is 4.26. The van der Waals surface area contributed by atoms with Crippen LogP contribution in [0.15, 0.2) is 70.4 Å². The number of carbonyl (C=O) groups excluding carboxylic acids is 3. The number of amides is 2. The summed E-state index contributed by atoms with van der Waals surface area (Å²) in [6.07, 6.45) is -2.12. The van der Waals surface area contributed by atoms with Gasteiger partial charge in [-0.05, 0) is 60.2 Å². The summed E-state index contributed by atoms with van der Waals surface area (Å²) in [7, 11) is 0. The summed E-state index contributed by atoms with van der Waals surface area (Å²) in [6, 6.07) is 11.3. The van der Waals surface area contributed by atoms with E-state index >= 15 is 0 Å². The molecule has 2 amide bonds. The molecule has 0 aliphatic heterocycles. The standard InChI is InChI=1S/C21H13ClF3N3O5/c22-15-8-5-13(21(23,24)25)10-16(15)27-18(29)19(30)28-26-11-12-3-6-14(7-4-12)33-20(31)17-2-1-9-32-17/h1-11H,(H,27,29)(H,28,30). The van der Waals surface area contributed by atoms with Gasteiger partial charge in [-0.3, -0.25) is 9.59 Å². The van der Waals surface area contributed by atoms with Crippen LogP contribution in [0.25, 0.3) is 0 Å². The lowest BCUT2D eigenvalue weighted by molar-refractivity contribution is -0.137. The lowest BCUT2D eigenvalue weighted by atomic mass is 10.2. The SMILES string of the molecule is O=C(NN=Cc1ccc(OC(=O)c2ccco2)cc1)C(=O)Nc1cc(C(F)(F)F)ccc1Cl. The van der Waals surface area contributed by atoms with Crippen LogP contribution in [0.4, 0.5) is 18.9 Å². The first-order valence-electron chi connectivity index (χ1n) is 9.00. The normalized spacial score (nSPS) is 11.3. The summed E-state index contributed by atoms with van der Waals surface area (Å²) in [5, 5.41) is 5.41. The van der Waals surface area contributed by atoms with E-state index in [-0.39, 0.29) is 22.2 Å². The molecule has 8 nitrogen and oxygen atoms in total. The van der Waals surface area contributed by atoms with E-state index in [1.165, 1.54) is 42.8 Å². The van der Waals surface area contributed by atoms with Crippen LogP contribution < -0.4 is 15.5 Å². The highest BCUT2D eigenvalue weighted by molar-refractivity contribution is 6.41. The number of alkyl halides is 3. The fourth-order valence-corrected chi connectivity index (χ4v) is 2.53. The van der Waals surface area contributed by atoms with Gasteiger partial charge in [0.1, 0.15) is 5.75 Å². The van der Waals surface area contributed by atoms with E-state index in [0.29, 0.717) is 11.6 Å². The first-order valence-corrected chi connectivity index (χ1v) is 9.38. The first-order chi connectivity index (χ1) is 15.6. The molecule has 0 spiro atoms. The van der Waals surface area contributed by atoms with E-state index in [4.69, 9.17) is 20.8 Å². The van der Waals surface area contributed by atoms with Crippen LogP contribution in [0, 0.1) is 0 Å². The third-order valence-corrected chi connectivity index (χ3v) is 4.27. The van der Waals surface area contributed by atoms with E-state index in [0.717, 1.165) is 12.1 Å². The third-order valence-electron chi connectivity index (χ3n) is 3.94.